The maximum absolute atomic E-state index is 6.13. The van der Waals surface area contributed by atoms with Crippen LogP contribution in [0.15, 0.2) is 0 Å². The smallest absolute Gasteiger partial charge is 0.0985 e. The van der Waals surface area contributed by atoms with E-state index in [2.05, 4.69) is 20.8 Å². The second-order valence-electron chi connectivity index (χ2n) is 5.75. The van der Waals surface area contributed by atoms with Crippen molar-refractivity contribution in [2.45, 2.75) is 76.8 Å². The van der Waals surface area contributed by atoms with Crippen LogP contribution in [0.5, 0.6) is 0 Å². The Bertz CT molecular complexity index is 238. The molecule has 0 aromatic carbocycles. The van der Waals surface area contributed by atoms with Gasteiger partial charge in [-0.3, -0.25) is 0 Å². The fourth-order valence-electron chi connectivity index (χ4n) is 2.34. The summed E-state index contributed by atoms with van der Waals surface area (Å²) in [6, 6.07) is 0. The minimum absolute atomic E-state index is 0.208. The van der Waals surface area contributed by atoms with Gasteiger partial charge in [-0.05, 0) is 19.3 Å². The summed E-state index contributed by atoms with van der Waals surface area (Å²) in [5, 5.41) is 0.435. The second-order valence-corrected chi connectivity index (χ2v) is 7.02. The molecule has 0 saturated carbocycles. The van der Waals surface area contributed by atoms with Crippen LogP contribution in [-0.2, 0) is 14.2 Å². The van der Waals surface area contributed by atoms with Crippen LogP contribution in [0.3, 0.4) is 0 Å². The van der Waals surface area contributed by atoms with E-state index >= 15 is 0 Å². The van der Waals surface area contributed by atoms with Gasteiger partial charge in [0.2, 0.25) is 0 Å². The molecule has 1 rings (SSSR count). The third-order valence-corrected chi connectivity index (χ3v) is 5.12. The summed E-state index contributed by atoms with van der Waals surface area (Å²) in [6.07, 6.45) is 7.43. The normalized spacial score (nSPS) is 25.6. The summed E-state index contributed by atoms with van der Waals surface area (Å²) in [6.45, 7) is 9.98. The summed E-state index contributed by atoms with van der Waals surface area (Å²) < 4.78 is 18.0. The lowest BCUT2D eigenvalue weighted by atomic mass is 10.1. The van der Waals surface area contributed by atoms with Crippen LogP contribution in [0.1, 0.15) is 59.3 Å². The van der Waals surface area contributed by atoms with Gasteiger partial charge in [-0.25, -0.2) is 0 Å². The van der Waals surface area contributed by atoms with E-state index in [9.17, 15) is 0 Å². The van der Waals surface area contributed by atoms with Crippen molar-refractivity contribution in [1.82, 2.24) is 0 Å². The van der Waals surface area contributed by atoms with E-state index in [1.165, 1.54) is 19.3 Å². The third-order valence-electron chi connectivity index (χ3n) is 3.77. The molecule has 1 fully saturated rings. The maximum Gasteiger partial charge on any atom is 0.0985 e. The molecule has 3 nitrogen and oxygen atoms in total. The van der Waals surface area contributed by atoms with Gasteiger partial charge in [-0.2, -0.15) is 11.8 Å². The summed E-state index contributed by atoms with van der Waals surface area (Å²) >= 11 is 1.96. The lowest BCUT2D eigenvalue weighted by molar-refractivity contribution is -0.0656. The average Bonchev–Trinajstić information content (AvgIpc) is 2.87. The number of hydrogen-bond donors (Lipinski definition) is 0. The average molecular weight is 319 g/mol. The molecule has 0 amide bonds. The molecule has 0 aliphatic carbocycles. The minimum Gasteiger partial charge on any atom is -0.380 e. The Kier molecular flexibility index (Phi) is 11.7. The number of unbranched alkanes of at least 4 members (excludes halogenated alkanes) is 3. The largest absolute Gasteiger partial charge is 0.380 e. The zero-order valence-electron chi connectivity index (χ0n) is 14.1. The SMILES string of the molecule is CCCCOC[C@@H]1SCC(OCCCC)[C@@H]1OCCCC. The Balaban J connectivity index is 2.36. The molecule has 1 aliphatic heterocycles. The van der Waals surface area contributed by atoms with Crippen molar-refractivity contribution in [3.05, 3.63) is 0 Å². The van der Waals surface area contributed by atoms with Crippen molar-refractivity contribution in [3.63, 3.8) is 0 Å². The van der Waals surface area contributed by atoms with Crippen LogP contribution in [0, 0.1) is 0 Å². The number of hydrogen-bond acceptors (Lipinski definition) is 4. The zero-order chi connectivity index (χ0) is 15.3. The molecule has 21 heavy (non-hydrogen) atoms. The molecule has 0 aromatic heterocycles. The first-order valence-electron chi connectivity index (χ1n) is 8.75. The quantitative estimate of drug-likeness (QED) is 0.474. The zero-order valence-corrected chi connectivity index (χ0v) is 15.0. The highest BCUT2D eigenvalue weighted by Crippen LogP contribution is 2.32. The summed E-state index contributed by atoms with van der Waals surface area (Å²) in [5.41, 5.74) is 0. The Morgan fingerprint density at radius 2 is 1.48 bits per heavy atom. The lowest BCUT2D eigenvalue weighted by Gasteiger charge is -2.24. The Hall–Kier alpha value is 0.230. The topological polar surface area (TPSA) is 27.7 Å². The van der Waals surface area contributed by atoms with Gasteiger partial charge in [-0.1, -0.05) is 40.0 Å². The fraction of sp³-hybridized carbons (Fsp3) is 1.00. The third kappa shape index (κ3) is 7.87. The first kappa shape index (κ1) is 19.3. The predicted molar refractivity (Wildman–Crippen MR) is 91.3 cm³/mol. The standard InChI is InChI=1S/C17H34O3S/c1-4-7-10-18-13-16-17(20-12-9-6-3)15(14-21-16)19-11-8-5-2/h15-17H,4-14H2,1-3H3/t15?,16-,17-/m0/s1. The molecule has 126 valence electrons. The van der Waals surface area contributed by atoms with Crippen molar-refractivity contribution in [2.75, 3.05) is 32.2 Å². The molecular formula is C17H34O3S. The van der Waals surface area contributed by atoms with E-state index in [1.807, 2.05) is 11.8 Å². The molecule has 3 atom stereocenters. The second kappa shape index (κ2) is 12.7. The van der Waals surface area contributed by atoms with Gasteiger partial charge in [0.05, 0.1) is 24.1 Å². The summed E-state index contributed by atoms with van der Waals surface area (Å²) in [5.74, 6) is 1.04. The van der Waals surface area contributed by atoms with Crippen LogP contribution in [-0.4, -0.2) is 49.6 Å². The van der Waals surface area contributed by atoms with Crippen LogP contribution < -0.4 is 0 Å². The molecule has 0 aromatic rings. The van der Waals surface area contributed by atoms with Crippen molar-refractivity contribution in [1.29, 1.82) is 0 Å². The molecule has 0 radical (unpaired) electrons. The molecule has 1 unspecified atom stereocenters. The fourth-order valence-corrected chi connectivity index (χ4v) is 3.70. The highest BCUT2D eigenvalue weighted by molar-refractivity contribution is 8.00. The Morgan fingerprint density at radius 3 is 2.14 bits per heavy atom. The molecule has 0 spiro atoms. The van der Waals surface area contributed by atoms with Gasteiger partial charge in [0.25, 0.3) is 0 Å². The van der Waals surface area contributed by atoms with Gasteiger partial charge < -0.3 is 14.2 Å². The van der Waals surface area contributed by atoms with Crippen LogP contribution in [0.4, 0.5) is 0 Å². The minimum atomic E-state index is 0.208. The first-order chi connectivity index (χ1) is 10.3. The van der Waals surface area contributed by atoms with Gasteiger partial charge in [0.15, 0.2) is 0 Å². The Morgan fingerprint density at radius 1 is 0.857 bits per heavy atom. The van der Waals surface area contributed by atoms with Crippen LogP contribution in [0.25, 0.3) is 0 Å². The van der Waals surface area contributed by atoms with Crippen molar-refractivity contribution in [3.8, 4) is 0 Å². The molecule has 1 heterocycles. The van der Waals surface area contributed by atoms with Crippen LogP contribution >= 0.6 is 11.8 Å². The number of rotatable bonds is 13. The van der Waals surface area contributed by atoms with Gasteiger partial charge in [-0.15, -0.1) is 0 Å². The number of ether oxygens (including phenoxy) is 3. The van der Waals surface area contributed by atoms with Gasteiger partial charge >= 0.3 is 0 Å². The van der Waals surface area contributed by atoms with Crippen molar-refractivity contribution in [2.24, 2.45) is 0 Å². The van der Waals surface area contributed by atoms with E-state index < -0.39 is 0 Å². The van der Waals surface area contributed by atoms with E-state index in [1.54, 1.807) is 0 Å². The van der Waals surface area contributed by atoms with Crippen molar-refractivity contribution >= 4 is 11.8 Å². The predicted octanol–water partition coefficient (Wildman–Crippen LogP) is 4.29. The van der Waals surface area contributed by atoms with Gasteiger partial charge in [0.1, 0.15) is 0 Å². The summed E-state index contributed by atoms with van der Waals surface area (Å²) in [4.78, 5) is 0. The first-order valence-corrected chi connectivity index (χ1v) is 9.80. The number of thioether (sulfide) groups is 1. The van der Waals surface area contributed by atoms with E-state index in [-0.39, 0.29) is 12.2 Å². The molecular weight excluding hydrogens is 284 g/mol. The molecule has 4 heteroatoms. The highest BCUT2D eigenvalue weighted by atomic mass is 32.2. The highest BCUT2D eigenvalue weighted by Gasteiger charge is 2.38. The van der Waals surface area contributed by atoms with E-state index in [0.29, 0.717) is 5.25 Å². The van der Waals surface area contributed by atoms with E-state index in [0.717, 1.165) is 51.4 Å². The van der Waals surface area contributed by atoms with E-state index in [4.69, 9.17) is 14.2 Å². The maximum atomic E-state index is 6.13. The lowest BCUT2D eigenvalue weighted by Crippen LogP contribution is -2.37. The Labute approximate surface area is 135 Å². The molecule has 1 saturated heterocycles. The molecule has 1 aliphatic rings. The molecule has 0 N–H and O–H groups in total. The van der Waals surface area contributed by atoms with Crippen molar-refractivity contribution < 1.29 is 14.2 Å². The molecule has 0 bridgehead atoms. The summed E-state index contributed by atoms with van der Waals surface area (Å²) in [7, 11) is 0. The monoisotopic (exact) mass is 318 g/mol. The van der Waals surface area contributed by atoms with Crippen LogP contribution in [0.2, 0.25) is 0 Å². The van der Waals surface area contributed by atoms with Gasteiger partial charge in [0, 0.05) is 25.6 Å².